The molecule has 96 valence electrons. The van der Waals surface area contributed by atoms with Gasteiger partial charge < -0.3 is 10.1 Å². The maximum absolute atomic E-state index is 6.02. The van der Waals surface area contributed by atoms with Gasteiger partial charge in [-0.3, -0.25) is 9.88 Å². The van der Waals surface area contributed by atoms with Crippen LogP contribution in [0, 0.1) is 6.92 Å². The lowest BCUT2D eigenvalue weighted by Gasteiger charge is -2.35. The molecule has 1 saturated heterocycles. The molecule has 3 heterocycles. The minimum atomic E-state index is 0.319. The number of aromatic nitrogens is 2. The molecular weight excluding hydrogens is 224 g/mol. The normalized spacial score (nSPS) is 25.7. The molecular formula is C14H20N4. The molecule has 0 aliphatic carbocycles. The predicted molar refractivity (Wildman–Crippen MR) is 72.5 cm³/mol. The lowest BCUT2D eigenvalue weighted by molar-refractivity contribution is 0.171. The van der Waals surface area contributed by atoms with Crippen molar-refractivity contribution in [2.45, 2.75) is 31.8 Å². The molecule has 2 atom stereocenters. The van der Waals surface area contributed by atoms with Gasteiger partial charge in [-0.05, 0) is 38.4 Å². The van der Waals surface area contributed by atoms with Crippen molar-refractivity contribution < 1.29 is 0 Å². The fourth-order valence-corrected chi connectivity index (χ4v) is 3.10. The quantitative estimate of drug-likeness (QED) is 0.831. The first-order chi connectivity index (χ1) is 8.66. The van der Waals surface area contributed by atoms with Gasteiger partial charge in [0.05, 0.1) is 11.2 Å². The molecule has 0 spiro atoms. The Hall–Kier alpha value is -1.39. The van der Waals surface area contributed by atoms with Crippen molar-refractivity contribution in [3.63, 3.8) is 0 Å². The number of likely N-dealkylation sites (N-methyl/N-ethyl adjacent to an activating group) is 1. The van der Waals surface area contributed by atoms with Crippen LogP contribution in [0.2, 0.25) is 0 Å². The van der Waals surface area contributed by atoms with Crippen molar-refractivity contribution in [2.75, 3.05) is 13.6 Å². The topological polar surface area (TPSA) is 46.6 Å². The summed E-state index contributed by atoms with van der Waals surface area (Å²) < 4.78 is 2.17. The van der Waals surface area contributed by atoms with E-state index >= 15 is 0 Å². The zero-order valence-corrected chi connectivity index (χ0v) is 11.0. The van der Waals surface area contributed by atoms with E-state index in [-0.39, 0.29) is 0 Å². The van der Waals surface area contributed by atoms with Crippen LogP contribution in [-0.4, -0.2) is 33.9 Å². The largest absolute Gasteiger partial charge is 0.327 e. The van der Waals surface area contributed by atoms with Crippen LogP contribution >= 0.6 is 0 Å². The third kappa shape index (κ3) is 1.82. The standard InChI is InChI=1S/C14H20N4/c1-10-14-12(5-7-18(14)8-6-16-10)13-4-3-11(15)9-17(13)2/h5-8,11,13H,3-4,9,15H2,1-2H3. The molecule has 18 heavy (non-hydrogen) atoms. The van der Waals surface area contributed by atoms with Gasteiger partial charge in [0.1, 0.15) is 0 Å². The van der Waals surface area contributed by atoms with E-state index in [4.69, 9.17) is 5.73 Å². The van der Waals surface area contributed by atoms with E-state index in [1.54, 1.807) is 0 Å². The monoisotopic (exact) mass is 244 g/mol. The number of likely N-dealkylation sites (tertiary alicyclic amines) is 1. The summed E-state index contributed by atoms with van der Waals surface area (Å²) in [6.45, 7) is 3.05. The Balaban J connectivity index is 2.04. The molecule has 2 aromatic rings. The fourth-order valence-electron chi connectivity index (χ4n) is 3.10. The van der Waals surface area contributed by atoms with Crippen molar-refractivity contribution in [3.8, 4) is 0 Å². The molecule has 0 bridgehead atoms. The zero-order chi connectivity index (χ0) is 12.7. The van der Waals surface area contributed by atoms with Gasteiger partial charge in [-0.15, -0.1) is 0 Å². The van der Waals surface area contributed by atoms with Crippen LogP contribution < -0.4 is 5.73 Å². The number of nitrogens with zero attached hydrogens (tertiary/aromatic N) is 3. The first-order valence-electron chi connectivity index (χ1n) is 6.55. The molecule has 2 N–H and O–H groups in total. The molecule has 3 rings (SSSR count). The van der Waals surface area contributed by atoms with E-state index in [0.29, 0.717) is 12.1 Å². The molecule has 2 unspecified atom stereocenters. The van der Waals surface area contributed by atoms with Gasteiger partial charge in [0.15, 0.2) is 0 Å². The highest BCUT2D eigenvalue weighted by Gasteiger charge is 2.27. The summed E-state index contributed by atoms with van der Waals surface area (Å²) in [5, 5.41) is 0. The second kappa shape index (κ2) is 4.37. The Kier molecular flexibility index (Phi) is 2.84. The lowest BCUT2D eigenvalue weighted by Crippen LogP contribution is -2.42. The summed E-state index contributed by atoms with van der Waals surface area (Å²) in [4.78, 5) is 6.78. The van der Waals surface area contributed by atoms with E-state index in [2.05, 4.69) is 40.5 Å². The van der Waals surface area contributed by atoms with Gasteiger partial charge in [-0.2, -0.15) is 0 Å². The van der Waals surface area contributed by atoms with Crippen molar-refractivity contribution in [1.82, 2.24) is 14.3 Å². The minimum Gasteiger partial charge on any atom is -0.327 e. The van der Waals surface area contributed by atoms with Gasteiger partial charge >= 0.3 is 0 Å². The Labute approximate surface area is 107 Å². The van der Waals surface area contributed by atoms with E-state index in [1.807, 2.05) is 12.4 Å². The van der Waals surface area contributed by atoms with Crippen molar-refractivity contribution in [3.05, 3.63) is 35.9 Å². The average Bonchev–Trinajstić information content (AvgIpc) is 2.74. The molecule has 0 radical (unpaired) electrons. The number of piperidine rings is 1. The number of aryl methyl sites for hydroxylation is 1. The van der Waals surface area contributed by atoms with Crippen LogP contribution in [-0.2, 0) is 0 Å². The summed E-state index contributed by atoms with van der Waals surface area (Å²) >= 11 is 0. The van der Waals surface area contributed by atoms with Gasteiger partial charge in [-0.1, -0.05) is 0 Å². The van der Waals surface area contributed by atoms with Gasteiger partial charge in [0, 0.05) is 37.2 Å². The van der Waals surface area contributed by atoms with Crippen LogP contribution in [0.4, 0.5) is 0 Å². The second-order valence-electron chi connectivity index (χ2n) is 5.33. The van der Waals surface area contributed by atoms with Crippen LogP contribution in [0.25, 0.3) is 5.52 Å². The van der Waals surface area contributed by atoms with E-state index in [1.165, 1.54) is 11.1 Å². The minimum absolute atomic E-state index is 0.319. The summed E-state index contributed by atoms with van der Waals surface area (Å²) in [6.07, 6.45) is 8.23. The smallest absolute Gasteiger partial charge is 0.0712 e. The third-order valence-corrected chi connectivity index (χ3v) is 4.01. The number of fused-ring (bicyclic) bond motifs is 1. The molecule has 1 aliphatic heterocycles. The molecule has 0 saturated carbocycles. The van der Waals surface area contributed by atoms with Crippen LogP contribution in [0.15, 0.2) is 24.7 Å². The highest BCUT2D eigenvalue weighted by molar-refractivity contribution is 5.60. The number of nitrogens with two attached hydrogens (primary N) is 1. The summed E-state index contributed by atoms with van der Waals surface area (Å²) in [6, 6.07) is 3.01. The summed E-state index contributed by atoms with van der Waals surface area (Å²) in [5.41, 5.74) is 9.76. The van der Waals surface area contributed by atoms with Crippen molar-refractivity contribution in [2.24, 2.45) is 5.73 Å². The van der Waals surface area contributed by atoms with Gasteiger partial charge in [0.25, 0.3) is 0 Å². The Morgan fingerprint density at radius 2 is 2.17 bits per heavy atom. The summed E-state index contributed by atoms with van der Waals surface area (Å²) in [7, 11) is 2.17. The van der Waals surface area contributed by atoms with Crippen LogP contribution in [0.1, 0.15) is 30.1 Å². The fraction of sp³-hybridized carbons (Fsp3) is 0.500. The number of hydrogen-bond donors (Lipinski definition) is 1. The zero-order valence-electron chi connectivity index (χ0n) is 11.0. The molecule has 0 amide bonds. The molecule has 1 aliphatic rings. The first-order valence-corrected chi connectivity index (χ1v) is 6.55. The van der Waals surface area contributed by atoms with Gasteiger partial charge in [-0.25, -0.2) is 0 Å². The van der Waals surface area contributed by atoms with Crippen molar-refractivity contribution >= 4 is 5.52 Å². The molecule has 4 heteroatoms. The molecule has 2 aromatic heterocycles. The summed E-state index contributed by atoms with van der Waals surface area (Å²) in [5.74, 6) is 0. The maximum atomic E-state index is 6.02. The van der Waals surface area contributed by atoms with Gasteiger partial charge in [0.2, 0.25) is 0 Å². The maximum Gasteiger partial charge on any atom is 0.0712 e. The Morgan fingerprint density at radius 1 is 1.33 bits per heavy atom. The Morgan fingerprint density at radius 3 is 2.94 bits per heavy atom. The first kappa shape index (κ1) is 11.7. The number of rotatable bonds is 1. The van der Waals surface area contributed by atoms with E-state index in [9.17, 15) is 0 Å². The Bertz CT molecular complexity index is 560. The SMILES string of the molecule is Cc1nccn2ccc(C3CCC(N)CN3C)c12. The molecule has 0 aromatic carbocycles. The predicted octanol–water partition coefficient (Wildman–Crippen LogP) is 1.74. The highest BCUT2D eigenvalue weighted by atomic mass is 15.2. The highest BCUT2D eigenvalue weighted by Crippen LogP contribution is 2.33. The van der Waals surface area contributed by atoms with Crippen molar-refractivity contribution in [1.29, 1.82) is 0 Å². The van der Waals surface area contributed by atoms with E-state index in [0.717, 1.165) is 25.1 Å². The molecule has 4 nitrogen and oxygen atoms in total. The van der Waals surface area contributed by atoms with Crippen LogP contribution in [0.3, 0.4) is 0 Å². The average molecular weight is 244 g/mol. The van der Waals surface area contributed by atoms with Crippen LogP contribution in [0.5, 0.6) is 0 Å². The second-order valence-corrected chi connectivity index (χ2v) is 5.33. The lowest BCUT2D eigenvalue weighted by atomic mass is 9.94. The number of hydrogen-bond acceptors (Lipinski definition) is 3. The third-order valence-electron chi connectivity index (χ3n) is 4.01. The molecule has 1 fully saturated rings. The van der Waals surface area contributed by atoms with E-state index < -0.39 is 0 Å².